The molecule has 0 saturated carbocycles. The third-order valence-electron chi connectivity index (χ3n) is 5.24. The molecule has 3 heterocycles. The molecule has 0 spiro atoms. The Balaban J connectivity index is 1.35. The lowest BCUT2D eigenvalue weighted by atomic mass is 10.1. The number of hydrogen-bond acceptors (Lipinski definition) is 6. The lowest BCUT2D eigenvalue weighted by Gasteiger charge is -2.18. The van der Waals surface area contributed by atoms with E-state index in [0.717, 1.165) is 16.8 Å². The van der Waals surface area contributed by atoms with Gasteiger partial charge in [-0.2, -0.15) is 0 Å². The van der Waals surface area contributed by atoms with Crippen LogP contribution < -0.4 is 21.9 Å². The molecule has 1 saturated heterocycles. The van der Waals surface area contributed by atoms with Gasteiger partial charge in [-0.25, -0.2) is 4.79 Å². The Morgan fingerprint density at radius 1 is 1.31 bits per heavy atom. The molecular formula is C22H23N5O4S. The van der Waals surface area contributed by atoms with Crippen LogP contribution in [0.2, 0.25) is 0 Å². The number of H-pyrrole nitrogens is 1. The summed E-state index contributed by atoms with van der Waals surface area (Å²) in [5.41, 5.74) is 2.19. The molecular weight excluding hydrogens is 430 g/mol. The zero-order valence-electron chi connectivity index (χ0n) is 17.3. The zero-order valence-corrected chi connectivity index (χ0v) is 18.1. The van der Waals surface area contributed by atoms with Crippen molar-refractivity contribution < 1.29 is 9.84 Å². The third kappa shape index (κ3) is 4.93. The van der Waals surface area contributed by atoms with Gasteiger partial charge in [-0.1, -0.05) is 18.2 Å². The van der Waals surface area contributed by atoms with Crippen LogP contribution in [0.4, 0.5) is 5.69 Å². The largest absolute Gasteiger partial charge is 0.390 e. The molecule has 1 aliphatic heterocycles. The Labute approximate surface area is 189 Å². The molecule has 3 aromatic rings. The van der Waals surface area contributed by atoms with Gasteiger partial charge in [0.15, 0.2) is 5.11 Å². The van der Waals surface area contributed by atoms with Crippen molar-refractivity contribution in [2.75, 3.05) is 11.9 Å². The van der Waals surface area contributed by atoms with E-state index in [-0.39, 0.29) is 13.0 Å². The predicted molar refractivity (Wildman–Crippen MR) is 124 cm³/mol. The van der Waals surface area contributed by atoms with Crippen LogP contribution in [0.25, 0.3) is 11.1 Å². The predicted octanol–water partition coefficient (Wildman–Crippen LogP) is 1.54. The number of pyridine rings is 1. The molecule has 1 aromatic carbocycles. The minimum absolute atomic E-state index is 0.227. The minimum atomic E-state index is -0.789. The van der Waals surface area contributed by atoms with E-state index in [9.17, 15) is 14.7 Å². The summed E-state index contributed by atoms with van der Waals surface area (Å²) in [4.78, 5) is 30.0. The summed E-state index contributed by atoms with van der Waals surface area (Å²) in [6.07, 6.45) is 3.16. The second-order valence-electron chi connectivity index (χ2n) is 7.57. The molecule has 4 rings (SSSR count). The highest BCUT2D eigenvalue weighted by Gasteiger charge is 2.35. The van der Waals surface area contributed by atoms with Crippen molar-refractivity contribution >= 4 is 23.0 Å². The second-order valence-corrected chi connectivity index (χ2v) is 7.98. The molecule has 10 heteroatoms. The molecule has 4 N–H and O–H groups in total. The van der Waals surface area contributed by atoms with E-state index >= 15 is 0 Å². The number of aliphatic hydroxyl groups excluding tert-OH is 1. The van der Waals surface area contributed by atoms with Crippen molar-refractivity contribution in [3.05, 3.63) is 81.4 Å². The van der Waals surface area contributed by atoms with Gasteiger partial charge in [-0.3, -0.25) is 19.3 Å². The highest BCUT2D eigenvalue weighted by molar-refractivity contribution is 7.80. The summed E-state index contributed by atoms with van der Waals surface area (Å²) in [5.74, 6) is 0. The average molecular weight is 454 g/mol. The standard InChI is InChI=1S/C22H23N5O4S/c1-13-12-27(22(30)26-20(13)29)19-9-17(28)18(31-19)11-24-21(32)25-16-6-2-4-14(8-16)15-5-3-7-23-10-15/h2-8,10,12,17-19,28H,9,11H2,1H3,(H2,24,25,32)(H,26,29,30)/t17-,18+,19-/m0/s1. The second kappa shape index (κ2) is 9.43. The SMILES string of the molecule is Cc1cn([C@@H]2C[C@H](O)[C@@H](CNC(=S)Nc3cccc(-c4cccnc4)c3)O2)c(=O)[nH]c1=O. The molecule has 1 fully saturated rings. The first-order valence-electron chi connectivity index (χ1n) is 10.1. The number of ether oxygens (including phenoxy) is 1. The Kier molecular flexibility index (Phi) is 6.45. The van der Waals surface area contributed by atoms with Gasteiger partial charge >= 0.3 is 5.69 Å². The summed E-state index contributed by atoms with van der Waals surface area (Å²) in [7, 11) is 0. The van der Waals surface area contributed by atoms with Crippen molar-refractivity contribution in [2.45, 2.75) is 31.8 Å². The molecule has 32 heavy (non-hydrogen) atoms. The van der Waals surface area contributed by atoms with E-state index in [1.165, 1.54) is 10.8 Å². The van der Waals surface area contributed by atoms with Crippen LogP contribution in [0.1, 0.15) is 18.2 Å². The van der Waals surface area contributed by atoms with Gasteiger partial charge in [0.25, 0.3) is 5.56 Å². The van der Waals surface area contributed by atoms with E-state index in [1.807, 2.05) is 36.4 Å². The van der Waals surface area contributed by atoms with E-state index in [2.05, 4.69) is 20.6 Å². The molecule has 0 bridgehead atoms. The number of benzene rings is 1. The van der Waals surface area contributed by atoms with Gasteiger partial charge in [-0.15, -0.1) is 0 Å². The molecule has 2 aromatic heterocycles. The smallest absolute Gasteiger partial charge is 0.330 e. The van der Waals surface area contributed by atoms with Gasteiger partial charge < -0.3 is 20.5 Å². The monoisotopic (exact) mass is 453 g/mol. The van der Waals surface area contributed by atoms with Crippen LogP contribution in [0.15, 0.2) is 64.6 Å². The van der Waals surface area contributed by atoms with Crippen LogP contribution >= 0.6 is 12.2 Å². The summed E-state index contributed by atoms with van der Waals surface area (Å²) >= 11 is 5.38. The van der Waals surface area contributed by atoms with Gasteiger partial charge in [0.05, 0.1) is 6.10 Å². The van der Waals surface area contributed by atoms with Gasteiger partial charge in [0, 0.05) is 48.4 Å². The lowest BCUT2D eigenvalue weighted by molar-refractivity contribution is -0.0172. The lowest BCUT2D eigenvalue weighted by Crippen LogP contribution is -2.39. The maximum Gasteiger partial charge on any atom is 0.330 e. The normalized spacial score (nSPS) is 20.1. The molecule has 1 aliphatic rings. The van der Waals surface area contributed by atoms with E-state index in [0.29, 0.717) is 10.7 Å². The van der Waals surface area contributed by atoms with Crippen molar-refractivity contribution in [1.29, 1.82) is 0 Å². The average Bonchev–Trinajstić information content (AvgIpc) is 3.16. The first kappa shape index (κ1) is 21.9. The van der Waals surface area contributed by atoms with Crippen molar-refractivity contribution in [3.63, 3.8) is 0 Å². The number of thiocarbonyl (C=S) groups is 1. The Hall–Kier alpha value is -3.34. The van der Waals surface area contributed by atoms with Crippen molar-refractivity contribution in [1.82, 2.24) is 19.9 Å². The molecule has 0 amide bonds. The summed E-state index contributed by atoms with van der Waals surface area (Å²) < 4.78 is 7.14. The number of aromatic amines is 1. The Morgan fingerprint density at radius 3 is 2.91 bits per heavy atom. The maximum absolute atomic E-state index is 12.1. The summed E-state index contributed by atoms with van der Waals surface area (Å²) in [5, 5.41) is 16.9. The van der Waals surface area contributed by atoms with Crippen LogP contribution in [-0.2, 0) is 4.74 Å². The molecule has 9 nitrogen and oxygen atoms in total. The zero-order chi connectivity index (χ0) is 22.7. The minimum Gasteiger partial charge on any atom is -0.390 e. The summed E-state index contributed by atoms with van der Waals surface area (Å²) in [6.45, 7) is 1.86. The summed E-state index contributed by atoms with van der Waals surface area (Å²) in [6, 6.07) is 11.6. The van der Waals surface area contributed by atoms with E-state index in [4.69, 9.17) is 17.0 Å². The molecule has 0 aliphatic carbocycles. The molecule has 3 atom stereocenters. The quantitative estimate of drug-likeness (QED) is 0.430. The van der Waals surface area contributed by atoms with E-state index in [1.54, 1.807) is 19.3 Å². The molecule has 166 valence electrons. The Bertz CT molecular complexity index is 1230. The topological polar surface area (TPSA) is 121 Å². The van der Waals surface area contributed by atoms with Crippen LogP contribution in [-0.4, -0.2) is 43.5 Å². The number of nitrogens with one attached hydrogen (secondary N) is 3. The highest BCUT2D eigenvalue weighted by Crippen LogP contribution is 2.27. The fourth-order valence-corrected chi connectivity index (χ4v) is 3.75. The van der Waals surface area contributed by atoms with Gasteiger partial charge in [-0.05, 0) is 42.9 Å². The fraction of sp³-hybridized carbons (Fsp3) is 0.273. The number of aryl methyl sites for hydroxylation is 1. The van der Waals surface area contributed by atoms with Crippen LogP contribution in [0, 0.1) is 6.92 Å². The molecule has 0 unspecified atom stereocenters. The van der Waals surface area contributed by atoms with Crippen molar-refractivity contribution in [2.24, 2.45) is 0 Å². The number of rotatable bonds is 5. The first-order chi connectivity index (χ1) is 15.4. The maximum atomic E-state index is 12.1. The van der Waals surface area contributed by atoms with Crippen LogP contribution in [0.5, 0.6) is 0 Å². The fourth-order valence-electron chi connectivity index (χ4n) is 3.55. The first-order valence-corrected chi connectivity index (χ1v) is 10.5. The van der Waals surface area contributed by atoms with E-state index < -0.39 is 29.7 Å². The Morgan fingerprint density at radius 2 is 2.12 bits per heavy atom. The number of anilines is 1. The van der Waals surface area contributed by atoms with Crippen LogP contribution in [0.3, 0.4) is 0 Å². The van der Waals surface area contributed by atoms with Crippen molar-refractivity contribution in [3.8, 4) is 11.1 Å². The third-order valence-corrected chi connectivity index (χ3v) is 5.49. The highest BCUT2D eigenvalue weighted by atomic mass is 32.1. The number of aromatic nitrogens is 3. The molecule has 0 radical (unpaired) electrons. The van der Waals surface area contributed by atoms with Gasteiger partial charge in [0.2, 0.25) is 0 Å². The number of nitrogens with zero attached hydrogens (tertiary/aromatic N) is 2. The number of aliphatic hydroxyl groups is 1. The van der Waals surface area contributed by atoms with Gasteiger partial charge in [0.1, 0.15) is 12.3 Å². The number of hydrogen-bond donors (Lipinski definition) is 4.